The maximum absolute atomic E-state index is 11.6. The molecule has 0 saturated carbocycles. The van der Waals surface area contributed by atoms with Crippen LogP contribution in [0.1, 0.15) is 31.6 Å². The summed E-state index contributed by atoms with van der Waals surface area (Å²) < 4.78 is 5.18. The third-order valence-electron chi connectivity index (χ3n) is 3.32. The molecule has 1 heterocycles. The summed E-state index contributed by atoms with van der Waals surface area (Å²) in [5, 5.41) is 7.39. The molecule has 0 atom stereocenters. The molecule has 1 aromatic carbocycles. The summed E-state index contributed by atoms with van der Waals surface area (Å²) in [4.78, 5) is 15.9. The van der Waals surface area contributed by atoms with Crippen molar-refractivity contribution in [1.82, 2.24) is 15.5 Å². The van der Waals surface area contributed by atoms with Crippen LogP contribution in [-0.2, 0) is 11.2 Å². The fraction of sp³-hybridized carbons (Fsp3) is 0.438. The van der Waals surface area contributed by atoms with E-state index >= 15 is 0 Å². The molecule has 0 aliphatic rings. The number of hydrogen-bond donors (Lipinski definition) is 2. The van der Waals surface area contributed by atoms with E-state index in [1.54, 1.807) is 12.1 Å². The van der Waals surface area contributed by atoms with E-state index in [1.165, 1.54) is 0 Å². The van der Waals surface area contributed by atoms with Crippen LogP contribution in [0, 0.1) is 0 Å². The molecule has 6 nitrogen and oxygen atoms in total. The van der Waals surface area contributed by atoms with Crippen molar-refractivity contribution >= 4 is 17.5 Å². The summed E-state index contributed by atoms with van der Waals surface area (Å²) in [5.41, 5.74) is 6.21. The van der Waals surface area contributed by atoms with Crippen LogP contribution in [0.15, 0.2) is 28.8 Å². The summed E-state index contributed by atoms with van der Waals surface area (Å²) in [6.45, 7) is 1.15. The average Bonchev–Trinajstić information content (AvgIpc) is 3.00. The number of carbonyl (C=O) groups is 1. The molecule has 7 heteroatoms. The average molecular weight is 337 g/mol. The van der Waals surface area contributed by atoms with Crippen LogP contribution in [0.3, 0.4) is 0 Å². The predicted molar refractivity (Wildman–Crippen MR) is 89.0 cm³/mol. The zero-order chi connectivity index (χ0) is 16.5. The Morgan fingerprint density at radius 1 is 1.30 bits per heavy atom. The molecule has 0 aliphatic carbocycles. The molecule has 3 N–H and O–H groups in total. The van der Waals surface area contributed by atoms with E-state index in [-0.39, 0.29) is 5.91 Å². The smallest absolute Gasteiger partial charge is 0.228 e. The number of nitrogens with two attached hydrogens (primary N) is 1. The molecule has 0 unspecified atom stereocenters. The number of aromatic nitrogens is 2. The van der Waals surface area contributed by atoms with Crippen molar-refractivity contribution in [1.29, 1.82) is 0 Å². The third-order valence-corrected chi connectivity index (χ3v) is 3.55. The quantitative estimate of drug-likeness (QED) is 0.686. The number of halogens is 1. The molecule has 0 spiro atoms. The van der Waals surface area contributed by atoms with Gasteiger partial charge in [-0.1, -0.05) is 35.3 Å². The van der Waals surface area contributed by atoms with Crippen molar-refractivity contribution in [2.45, 2.75) is 32.1 Å². The van der Waals surface area contributed by atoms with Crippen LogP contribution >= 0.6 is 11.6 Å². The number of nitrogens with zero attached hydrogens (tertiary/aromatic N) is 2. The standard InChI is InChI=1S/C16H21ClN4O2/c17-13-6-4-5-12(11-13)16-20-15(23-21-16)8-10-19-14(22)7-2-1-3-9-18/h4-6,11H,1-3,7-10,18H2,(H,19,22). The van der Waals surface area contributed by atoms with Gasteiger partial charge in [0.2, 0.25) is 17.6 Å². The van der Waals surface area contributed by atoms with Crippen molar-refractivity contribution < 1.29 is 9.32 Å². The number of hydrogen-bond acceptors (Lipinski definition) is 5. The fourth-order valence-corrected chi connectivity index (χ4v) is 2.30. The minimum absolute atomic E-state index is 0.0385. The summed E-state index contributed by atoms with van der Waals surface area (Å²) >= 11 is 5.94. The Kier molecular flexibility index (Phi) is 7.03. The van der Waals surface area contributed by atoms with Gasteiger partial charge >= 0.3 is 0 Å². The van der Waals surface area contributed by atoms with E-state index in [4.69, 9.17) is 21.9 Å². The zero-order valence-corrected chi connectivity index (χ0v) is 13.7. The highest BCUT2D eigenvalue weighted by atomic mass is 35.5. The lowest BCUT2D eigenvalue weighted by Crippen LogP contribution is -2.25. The Morgan fingerprint density at radius 2 is 2.17 bits per heavy atom. The van der Waals surface area contributed by atoms with E-state index in [0.717, 1.165) is 24.8 Å². The fourth-order valence-electron chi connectivity index (χ4n) is 2.11. The maximum atomic E-state index is 11.6. The van der Waals surface area contributed by atoms with Gasteiger partial charge in [-0.15, -0.1) is 0 Å². The Morgan fingerprint density at radius 3 is 2.96 bits per heavy atom. The maximum Gasteiger partial charge on any atom is 0.228 e. The molecular formula is C16H21ClN4O2. The van der Waals surface area contributed by atoms with Gasteiger partial charge in [-0.25, -0.2) is 0 Å². The highest BCUT2D eigenvalue weighted by molar-refractivity contribution is 6.30. The van der Waals surface area contributed by atoms with Crippen LogP contribution in [0.25, 0.3) is 11.4 Å². The molecule has 2 aromatic rings. The van der Waals surface area contributed by atoms with Gasteiger partial charge in [0.25, 0.3) is 0 Å². The topological polar surface area (TPSA) is 94.0 Å². The van der Waals surface area contributed by atoms with Crippen LogP contribution in [0.5, 0.6) is 0 Å². The molecule has 1 aromatic heterocycles. The lowest BCUT2D eigenvalue weighted by atomic mass is 10.2. The van der Waals surface area contributed by atoms with Gasteiger partial charge in [0, 0.05) is 30.0 Å². The minimum Gasteiger partial charge on any atom is -0.356 e. The largest absolute Gasteiger partial charge is 0.356 e. The first-order valence-electron chi connectivity index (χ1n) is 7.74. The second-order valence-electron chi connectivity index (χ2n) is 5.22. The Hall–Kier alpha value is -1.92. The number of nitrogens with one attached hydrogen (secondary N) is 1. The van der Waals surface area contributed by atoms with Crippen LogP contribution in [0.4, 0.5) is 0 Å². The summed E-state index contributed by atoms with van der Waals surface area (Å²) in [6.07, 6.45) is 3.83. The van der Waals surface area contributed by atoms with Gasteiger partial charge in [-0.2, -0.15) is 4.98 Å². The van der Waals surface area contributed by atoms with Crippen LogP contribution in [0.2, 0.25) is 5.02 Å². The molecule has 1 amide bonds. The number of amides is 1. The third kappa shape index (κ3) is 6.00. The molecule has 0 saturated heterocycles. The second kappa shape index (κ2) is 9.27. The highest BCUT2D eigenvalue weighted by Gasteiger charge is 2.09. The number of rotatable bonds is 9. The van der Waals surface area contributed by atoms with E-state index < -0.39 is 0 Å². The summed E-state index contributed by atoms with van der Waals surface area (Å²) in [6, 6.07) is 7.26. The second-order valence-corrected chi connectivity index (χ2v) is 5.66. The van der Waals surface area contributed by atoms with Gasteiger partial charge in [-0.05, 0) is 31.5 Å². The first-order chi connectivity index (χ1) is 11.2. The molecule has 2 rings (SSSR count). The first-order valence-corrected chi connectivity index (χ1v) is 8.12. The van der Waals surface area contributed by atoms with Crippen molar-refractivity contribution in [2.75, 3.05) is 13.1 Å². The Balaban J connectivity index is 1.74. The van der Waals surface area contributed by atoms with Crippen molar-refractivity contribution in [3.05, 3.63) is 35.2 Å². The Labute approximate surface area is 140 Å². The van der Waals surface area contributed by atoms with Crippen LogP contribution < -0.4 is 11.1 Å². The predicted octanol–water partition coefficient (Wildman–Crippen LogP) is 2.57. The number of benzene rings is 1. The monoisotopic (exact) mass is 336 g/mol. The number of unbranched alkanes of at least 4 members (excludes halogenated alkanes) is 2. The normalized spacial score (nSPS) is 10.7. The van der Waals surface area contributed by atoms with Gasteiger partial charge < -0.3 is 15.6 Å². The molecular weight excluding hydrogens is 316 g/mol. The van der Waals surface area contributed by atoms with Gasteiger partial charge in [-0.3, -0.25) is 4.79 Å². The van der Waals surface area contributed by atoms with E-state index in [0.29, 0.717) is 42.7 Å². The molecule has 0 bridgehead atoms. The van der Waals surface area contributed by atoms with Gasteiger partial charge in [0.15, 0.2) is 0 Å². The SMILES string of the molecule is NCCCCCC(=O)NCCc1nc(-c2cccc(Cl)c2)no1. The van der Waals surface area contributed by atoms with Crippen LogP contribution in [-0.4, -0.2) is 29.1 Å². The molecule has 124 valence electrons. The number of carbonyl (C=O) groups excluding carboxylic acids is 1. The van der Waals surface area contributed by atoms with Crippen molar-refractivity contribution in [3.8, 4) is 11.4 Å². The van der Waals surface area contributed by atoms with E-state index in [9.17, 15) is 4.79 Å². The van der Waals surface area contributed by atoms with E-state index in [1.807, 2.05) is 12.1 Å². The van der Waals surface area contributed by atoms with E-state index in [2.05, 4.69) is 15.5 Å². The molecule has 0 aliphatic heterocycles. The highest BCUT2D eigenvalue weighted by Crippen LogP contribution is 2.19. The Bertz CT molecular complexity index is 630. The molecule has 0 radical (unpaired) electrons. The zero-order valence-electron chi connectivity index (χ0n) is 12.9. The lowest BCUT2D eigenvalue weighted by molar-refractivity contribution is -0.121. The summed E-state index contributed by atoms with van der Waals surface area (Å²) in [5.74, 6) is 1.02. The first kappa shape index (κ1) is 17.4. The lowest BCUT2D eigenvalue weighted by Gasteiger charge is -2.02. The minimum atomic E-state index is 0.0385. The summed E-state index contributed by atoms with van der Waals surface area (Å²) in [7, 11) is 0. The van der Waals surface area contributed by atoms with Crippen molar-refractivity contribution in [2.24, 2.45) is 5.73 Å². The van der Waals surface area contributed by atoms with Crippen molar-refractivity contribution in [3.63, 3.8) is 0 Å². The molecule has 0 fully saturated rings. The molecule has 23 heavy (non-hydrogen) atoms. The van der Waals surface area contributed by atoms with Gasteiger partial charge in [0.1, 0.15) is 0 Å². The van der Waals surface area contributed by atoms with Gasteiger partial charge in [0.05, 0.1) is 0 Å².